The summed E-state index contributed by atoms with van der Waals surface area (Å²) in [5.74, 6) is 5.34. The van der Waals surface area contributed by atoms with Crippen molar-refractivity contribution in [2.45, 2.75) is 6.54 Å². The van der Waals surface area contributed by atoms with Gasteiger partial charge in [0, 0.05) is 0 Å². The molecule has 2 heterocycles. The minimum Gasteiger partial charge on any atom is -0.325 e. The number of aromatic amines is 2. The van der Waals surface area contributed by atoms with Crippen LogP contribution in [0.15, 0.2) is 9.59 Å². The number of H-pyrrole nitrogens is 2. The number of terminal acetylenes is 1. The molecule has 82 valence electrons. The fourth-order valence-corrected chi connectivity index (χ4v) is 1.66. The standard InChI is InChI=1S/C10H5N4O2.Al.2H/c1-3-5-14-9(15)7-8(13-10(14)16)12-6(4-2)11-7;;;/h1H,5H2,(H,11,12)(H,13,16);;;. The minimum absolute atomic E-state index is 0.0785. The molecule has 0 unspecified atom stereocenters. The molecule has 0 radical (unpaired) electrons. The third-order valence-corrected chi connectivity index (χ3v) is 2.38. The van der Waals surface area contributed by atoms with Crippen LogP contribution in [0.4, 0.5) is 0 Å². The first kappa shape index (κ1) is 11.3. The average molecular weight is 242 g/mol. The van der Waals surface area contributed by atoms with Gasteiger partial charge in [0.15, 0.2) is 17.0 Å². The number of imidazole rings is 1. The Morgan fingerprint density at radius 1 is 1.41 bits per heavy atom. The Labute approximate surface area is 103 Å². The van der Waals surface area contributed by atoms with E-state index >= 15 is 0 Å². The summed E-state index contributed by atoms with van der Waals surface area (Å²) in [4.78, 5) is 35.4. The van der Waals surface area contributed by atoms with E-state index in [9.17, 15) is 9.59 Å². The van der Waals surface area contributed by atoms with Crippen LogP contribution in [0.2, 0.25) is 0 Å². The van der Waals surface area contributed by atoms with Gasteiger partial charge in [0.05, 0.1) is 6.54 Å². The fraction of sp³-hybridized carbons (Fsp3) is 0.100. The van der Waals surface area contributed by atoms with E-state index in [-0.39, 0.29) is 17.7 Å². The van der Waals surface area contributed by atoms with E-state index in [1.54, 1.807) is 0 Å². The summed E-state index contributed by atoms with van der Waals surface area (Å²) < 4.78 is 0.929. The minimum atomic E-state index is -0.572. The van der Waals surface area contributed by atoms with Crippen molar-refractivity contribution >= 4 is 27.5 Å². The van der Waals surface area contributed by atoms with E-state index in [1.165, 1.54) is 0 Å². The lowest BCUT2D eigenvalue weighted by molar-refractivity contribution is 0.739. The van der Waals surface area contributed by atoms with Gasteiger partial charge < -0.3 is 4.98 Å². The molecule has 0 atom stereocenters. The number of hydrogen-bond donors (Lipinski definition) is 2. The fourth-order valence-electron chi connectivity index (χ4n) is 1.43. The van der Waals surface area contributed by atoms with Gasteiger partial charge in [-0.25, -0.2) is 19.1 Å². The zero-order valence-electron chi connectivity index (χ0n) is 9.00. The second-order valence-corrected chi connectivity index (χ2v) is 3.71. The van der Waals surface area contributed by atoms with Gasteiger partial charge in [-0.3, -0.25) is 9.78 Å². The highest BCUT2D eigenvalue weighted by molar-refractivity contribution is 6.22. The molecule has 0 spiro atoms. The third-order valence-electron chi connectivity index (χ3n) is 2.13. The van der Waals surface area contributed by atoms with Crippen molar-refractivity contribution < 1.29 is 0 Å². The molecular formula is C10H7AlN4O2. The monoisotopic (exact) mass is 242 g/mol. The highest BCUT2D eigenvalue weighted by atomic mass is 27.0. The number of fused-ring (bicyclic) bond motifs is 1. The van der Waals surface area contributed by atoms with Crippen LogP contribution < -0.4 is 11.2 Å². The Balaban J connectivity index is 2.82. The Kier molecular flexibility index (Phi) is 2.89. The maximum absolute atomic E-state index is 11.9. The van der Waals surface area contributed by atoms with Crippen molar-refractivity contribution in [3.8, 4) is 23.0 Å². The molecule has 0 saturated heterocycles. The molecule has 0 bridgehead atoms. The van der Waals surface area contributed by atoms with Crippen LogP contribution in [-0.4, -0.2) is 35.8 Å². The number of nitrogens with zero attached hydrogens (tertiary/aromatic N) is 2. The van der Waals surface area contributed by atoms with Crippen molar-refractivity contribution in [1.82, 2.24) is 19.5 Å². The van der Waals surface area contributed by atoms with Crippen LogP contribution in [0.3, 0.4) is 0 Å². The first-order chi connectivity index (χ1) is 8.17. The molecular weight excluding hydrogens is 235 g/mol. The summed E-state index contributed by atoms with van der Waals surface area (Å²) in [6.07, 6.45) is 5.09. The Hall–Kier alpha value is -2.20. The van der Waals surface area contributed by atoms with Gasteiger partial charge in [-0.1, -0.05) is 11.8 Å². The molecule has 0 aromatic carbocycles. The summed E-state index contributed by atoms with van der Waals surface area (Å²) in [5, 5.41) is 0. The molecule has 0 aliphatic rings. The molecule has 17 heavy (non-hydrogen) atoms. The maximum atomic E-state index is 11.9. The average Bonchev–Trinajstić information content (AvgIpc) is 2.67. The highest BCUT2D eigenvalue weighted by Gasteiger charge is 2.10. The summed E-state index contributed by atoms with van der Waals surface area (Å²) in [6.45, 7) is -0.0785. The Bertz CT molecular complexity index is 794. The smallest absolute Gasteiger partial charge is 0.325 e. The van der Waals surface area contributed by atoms with Crippen LogP contribution in [0, 0.1) is 23.0 Å². The topological polar surface area (TPSA) is 83.5 Å². The van der Waals surface area contributed by atoms with E-state index in [2.05, 4.69) is 31.6 Å². The summed E-state index contributed by atoms with van der Waals surface area (Å²) in [5.41, 5.74) is -0.653. The summed E-state index contributed by atoms with van der Waals surface area (Å²) in [7, 11) is 0. The molecule has 0 saturated carbocycles. The second-order valence-electron chi connectivity index (χ2n) is 3.21. The molecule has 0 aliphatic heterocycles. The summed E-state index contributed by atoms with van der Waals surface area (Å²) in [6, 6.07) is 0. The molecule has 2 aromatic rings. The van der Waals surface area contributed by atoms with Gasteiger partial charge >= 0.3 is 22.0 Å². The molecule has 2 aromatic heterocycles. The lowest BCUT2D eigenvalue weighted by Crippen LogP contribution is -2.34. The van der Waals surface area contributed by atoms with E-state index in [0.717, 1.165) is 4.57 Å². The quantitative estimate of drug-likeness (QED) is 0.447. The number of nitrogens with one attached hydrogen (secondary N) is 2. The number of hydrogen-bond acceptors (Lipinski definition) is 3. The zero-order chi connectivity index (χ0) is 12.4. The van der Waals surface area contributed by atoms with Crippen LogP contribution in [-0.2, 0) is 6.54 Å². The summed E-state index contributed by atoms with van der Waals surface area (Å²) >= 11 is 0.707. The third kappa shape index (κ3) is 1.90. The lowest BCUT2D eigenvalue weighted by atomic mass is 10.5. The first-order valence-corrected chi connectivity index (χ1v) is 5.76. The maximum Gasteiger partial charge on any atom is 0.330 e. The van der Waals surface area contributed by atoms with Crippen LogP contribution in [0.25, 0.3) is 11.2 Å². The van der Waals surface area contributed by atoms with Crippen molar-refractivity contribution in [3.05, 3.63) is 26.7 Å². The SMILES string of the molecule is C#CCn1c(=O)[nH]c2nc(C#[C][AlH2])[nH]c2c1=O. The predicted octanol–water partition coefficient (Wildman–Crippen LogP) is -2.01. The number of rotatable bonds is 1. The van der Waals surface area contributed by atoms with Crippen molar-refractivity contribution in [3.63, 3.8) is 0 Å². The highest BCUT2D eigenvalue weighted by Crippen LogP contribution is 2.00. The Morgan fingerprint density at radius 3 is 2.82 bits per heavy atom. The van der Waals surface area contributed by atoms with E-state index in [0.29, 0.717) is 22.1 Å². The van der Waals surface area contributed by atoms with E-state index in [4.69, 9.17) is 6.42 Å². The largest absolute Gasteiger partial charge is 0.330 e. The first-order valence-electron chi connectivity index (χ1n) is 4.76. The van der Waals surface area contributed by atoms with Gasteiger partial charge in [0.1, 0.15) is 0 Å². The van der Waals surface area contributed by atoms with Crippen LogP contribution in [0.5, 0.6) is 0 Å². The Morgan fingerprint density at radius 2 is 2.18 bits per heavy atom. The van der Waals surface area contributed by atoms with Crippen molar-refractivity contribution in [1.29, 1.82) is 0 Å². The van der Waals surface area contributed by atoms with E-state index < -0.39 is 11.2 Å². The molecule has 0 fully saturated rings. The second kappa shape index (κ2) is 4.35. The molecule has 2 N–H and O–H groups in total. The van der Waals surface area contributed by atoms with Gasteiger partial charge in [-0.2, -0.15) is 0 Å². The predicted molar refractivity (Wildman–Crippen MR) is 65.2 cm³/mol. The molecule has 0 amide bonds. The van der Waals surface area contributed by atoms with Crippen molar-refractivity contribution in [2.24, 2.45) is 0 Å². The van der Waals surface area contributed by atoms with Gasteiger partial charge in [0.25, 0.3) is 5.56 Å². The molecule has 0 aliphatic carbocycles. The van der Waals surface area contributed by atoms with Gasteiger partial charge in [-0.05, 0) is 0 Å². The normalized spacial score (nSPS) is 9.59. The van der Waals surface area contributed by atoms with Crippen LogP contribution in [0.1, 0.15) is 5.82 Å². The van der Waals surface area contributed by atoms with Crippen molar-refractivity contribution in [2.75, 3.05) is 0 Å². The lowest BCUT2D eigenvalue weighted by Gasteiger charge is -1.97. The molecule has 2 rings (SSSR count). The van der Waals surface area contributed by atoms with Crippen LogP contribution >= 0.6 is 0 Å². The van der Waals surface area contributed by atoms with E-state index in [1.807, 2.05) is 0 Å². The number of aromatic nitrogens is 4. The van der Waals surface area contributed by atoms with Gasteiger partial charge in [0.2, 0.25) is 0 Å². The molecule has 6 nitrogen and oxygen atoms in total. The molecule has 7 heteroatoms. The zero-order valence-corrected chi connectivity index (χ0v) is 11.0. The van der Waals surface area contributed by atoms with Gasteiger partial charge in [-0.15, -0.1) is 6.42 Å².